The second-order valence-electron chi connectivity index (χ2n) is 6.45. The van der Waals surface area contributed by atoms with E-state index >= 15 is 0 Å². The van der Waals surface area contributed by atoms with Crippen LogP contribution in [0.2, 0.25) is 0 Å². The quantitative estimate of drug-likeness (QED) is 0.852. The Bertz CT molecular complexity index is 886. The number of rotatable bonds is 1. The summed E-state index contributed by atoms with van der Waals surface area (Å²) < 4.78 is 0. The zero-order valence-electron chi connectivity index (χ0n) is 14.2. The van der Waals surface area contributed by atoms with Gasteiger partial charge in [0.05, 0.1) is 22.6 Å². The molecule has 1 atom stereocenters. The molecule has 25 heavy (non-hydrogen) atoms. The summed E-state index contributed by atoms with van der Waals surface area (Å²) in [5.74, 6) is -0.228. The molecule has 0 saturated carbocycles. The molecular weight excluding hydrogens is 334 g/mol. The van der Waals surface area contributed by atoms with Crippen LogP contribution < -0.4 is 10.2 Å². The first-order chi connectivity index (χ1) is 12.1. The molecule has 2 aliphatic rings. The summed E-state index contributed by atoms with van der Waals surface area (Å²) in [5.41, 5.74) is 3.36. The van der Waals surface area contributed by atoms with Gasteiger partial charge >= 0.3 is 0 Å². The lowest BCUT2D eigenvalue weighted by Crippen LogP contribution is -2.37. The molecule has 0 fully saturated rings. The number of fused-ring (bicyclic) bond motifs is 2. The topological polar surface area (TPSA) is 52.7 Å². The van der Waals surface area contributed by atoms with Gasteiger partial charge in [-0.3, -0.25) is 19.4 Å². The van der Waals surface area contributed by atoms with E-state index in [4.69, 9.17) is 0 Å². The maximum absolute atomic E-state index is 13.4. The van der Waals surface area contributed by atoms with Crippen molar-refractivity contribution in [2.24, 2.45) is 0 Å². The molecule has 2 amide bonds. The molecule has 0 spiro atoms. The molecule has 0 radical (unpaired) electrons. The molecule has 1 aromatic carbocycles. The number of amides is 2. The molecule has 2 aromatic rings. The molecule has 5 nitrogen and oxygen atoms in total. The van der Waals surface area contributed by atoms with Crippen LogP contribution in [0.25, 0.3) is 0 Å². The summed E-state index contributed by atoms with van der Waals surface area (Å²) in [6.07, 6.45) is 2.74. The summed E-state index contributed by atoms with van der Waals surface area (Å²) in [5, 5.41) is 6.58. The van der Waals surface area contributed by atoms with Crippen molar-refractivity contribution in [2.75, 3.05) is 23.8 Å². The van der Waals surface area contributed by atoms with Crippen LogP contribution in [0, 0.1) is 0 Å². The predicted octanol–water partition coefficient (Wildman–Crippen LogP) is 3.63. The number of likely N-dealkylation sites (N-methyl/N-ethyl adjacent to an activating group) is 1. The summed E-state index contributed by atoms with van der Waals surface area (Å²) >= 11 is 1.43. The molecule has 3 heterocycles. The third kappa shape index (κ3) is 2.67. The van der Waals surface area contributed by atoms with Crippen LogP contribution in [-0.2, 0) is 4.79 Å². The molecule has 0 saturated heterocycles. The number of hydrogen-bond acceptors (Lipinski definition) is 4. The van der Waals surface area contributed by atoms with Crippen LogP contribution in [0.4, 0.5) is 17.1 Å². The van der Waals surface area contributed by atoms with Gasteiger partial charge in [-0.2, -0.15) is 0 Å². The van der Waals surface area contributed by atoms with Crippen LogP contribution in [0.5, 0.6) is 0 Å². The van der Waals surface area contributed by atoms with Crippen molar-refractivity contribution in [1.82, 2.24) is 4.90 Å². The number of anilines is 3. The van der Waals surface area contributed by atoms with Crippen LogP contribution in [0.15, 0.2) is 46.7 Å². The van der Waals surface area contributed by atoms with Crippen molar-refractivity contribution in [2.45, 2.75) is 19.4 Å². The minimum atomic E-state index is -0.176. The Morgan fingerprint density at radius 1 is 1.24 bits per heavy atom. The molecule has 1 N–H and O–H groups in total. The van der Waals surface area contributed by atoms with Crippen LogP contribution in [-0.4, -0.2) is 36.3 Å². The van der Waals surface area contributed by atoms with Crippen molar-refractivity contribution in [3.8, 4) is 0 Å². The number of nitrogens with zero attached hydrogens (tertiary/aromatic N) is 2. The SMILES string of the molecule is CC1C=C(C(=O)N2c3ccccc3NC(=O)c3cscc32)CCN1C. The van der Waals surface area contributed by atoms with Gasteiger partial charge in [-0.05, 0) is 32.5 Å². The summed E-state index contributed by atoms with van der Waals surface area (Å²) in [6.45, 7) is 2.94. The van der Waals surface area contributed by atoms with Crippen molar-refractivity contribution in [3.05, 3.63) is 52.2 Å². The number of carbonyl (C=O) groups is 2. The minimum absolute atomic E-state index is 0.0523. The molecule has 1 unspecified atom stereocenters. The first-order valence-electron chi connectivity index (χ1n) is 8.28. The number of thiophene rings is 1. The Hall–Kier alpha value is -2.44. The van der Waals surface area contributed by atoms with Crippen molar-refractivity contribution in [3.63, 3.8) is 0 Å². The van der Waals surface area contributed by atoms with Gasteiger partial charge in [0.2, 0.25) is 0 Å². The first-order valence-corrected chi connectivity index (χ1v) is 9.22. The van der Waals surface area contributed by atoms with Gasteiger partial charge in [-0.1, -0.05) is 18.2 Å². The Labute approximate surface area is 150 Å². The van der Waals surface area contributed by atoms with Crippen LogP contribution in [0.3, 0.4) is 0 Å². The van der Waals surface area contributed by atoms with E-state index in [-0.39, 0.29) is 17.9 Å². The predicted molar refractivity (Wildman–Crippen MR) is 101 cm³/mol. The van der Waals surface area contributed by atoms with E-state index in [1.807, 2.05) is 35.7 Å². The normalized spacial score (nSPS) is 20.2. The van der Waals surface area contributed by atoms with Gasteiger partial charge < -0.3 is 5.32 Å². The Morgan fingerprint density at radius 3 is 2.84 bits per heavy atom. The lowest BCUT2D eigenvalue weighted by molar-refractivity contribution is -0.114. The fourth-order valence-electron chi connectivity index (χ4n) is 3.27. The van der Waals surface area contributed by atoms with E-state index < -0.39 is 0 Å². The van der Waals surface area contributed by atoms with E-state index in [0.717, 1.165) is 12.1 Å². The highest BCUT2D eigenvalue weighted by atomic mass is 32.1. The van der Waals surface area contributed by atoms with Gasteiger partial charge in [0.1, 0.15) is 0 Å². The molecule has 0 aliphatic carbocycles. The maximum Gasteiger partial charge on any atom is 0.258 e. The fraction of sp³-hybridized carbons (Fsp3) is 0.263. The molecule has 2 aliphatic heterocycles. The van der Waals surface area contributed by atoms with Gasteiger partial charge in [0.25, 0.3) is 11.8 Å². The third-order valence-corrected chi connectivity index (χ3v) is 5.60. The average molecular weight is 353 g/mol. The molecule has 6 heteroatoms. The van der Waals surface area contributed by atoms with Gasteiger partial charge in [0.15, 0.2) is 0 Å². The smallest absolute Gasteiger partial charge is 0.258 e. The Kier molecular flexibility index (Phi) is 3.94. The number of carbonyl (C=O) groups excluding carboxylic acids is 2. The zero-order valence-corrected chi connectivity index (χ0v) is 15.0. The fourth-order valence-corrected chi connectivity index (χ4v) is 4.06. The average Bonchev–Trinajstić information content (AvgIpc) is 3.04. The highest BCUT2D eigenvalue weighted by Crippen LogP contribution is 2.40. The number of para-hydroxylation sites is 2. The van der Waals surface area contributed by atoms with E-state index in [0.29, 0.717) is 29.0 Å². The Morgan fingerprint density at radius 2 is 2.04 bits per heavy atom. The minimum Gasteiger partial charge on any atom is -0.320 e. The highest BCUT2D eigenvalue weighted by Gasteiger charge is 2.32. The first kappa shape index (κ1) is 16.1. The second kappa shape index (κ2) is 6.13. The number of nitrogens with one attached hydrogen (secondary N) is 1. The summed E-state index contributed by atoms with van der Waals surface area (Å²) in [4.78, 5) is 29.8. The van der Waals surface area contributed by atoms with Gasteiger partial charge in [0, 0.05) is 28.9 Å². The number of benzene rings is 1. The van der Waals surface area contributed by atoms with Crippen molar-refractivity contribution >= 4 is 40.2 Å². The molecule has 4 rings (SSSR count). The standard InChI is InChI=1S/C19H19N3O2S/c1-12-9-13(7-8-21(12)2)19(24)22-16-6-4-3-5-15(16)20-18(23)14-10-25-11-17(14)22/h3-6,9-12H,7-8H2,1-2H3,(H,20,23). The van der Waals surface area contributed by atoms with Crippen LogP contribution in [0.1, 0.15) is 23.7 Å². The van der Waals surface area contributed by atoms with E-state index in [9.17, 15) is 9.59 Å². The van der Waals surface area contributed by atoms with Gasteiger partial charge in [-0.25, -0.2) is 0 Å². The zero-order chi connectivity index (χ0) is 17.6. The van der Waals surface area contributed by atoms with Gasteiger partial charge in [-0.15, -0.1) is 11.3 Å². The maximum atomic E-state index is 13.4. The summed E-state index contributed by atoms with van der Waals surface area (Å²) in [7, 11) is 2.06. The van der Waals surface area contributed by atoms with E-state index in [2.05, 4.69) is 24.2 Å². The molecule has 128 valence electrons. The van der Waals surface area contributed by atoms with E-state index in [1.165, 1.54) is 11.3 Å². The van der Waals surface area contributed by atoms with Crippen LogP contribution >= 0.6 is 11.3 Å². The molecule has 0 bridgehead atoms. The van der Waals surface area contributed by atoms with Crippen molar-refractivity contribution < 1.29 is 9.59 Å². The third-order valence-electron chi connectivity index (χ3n) is 4.87. The lowest BCUT2D eigenvalue weighted by atomic mass is 10.0. The summed E-state index contributed by atoms with van der Waals surface area (Å²) in [6, 6.07) is 7.66. The molecular formula is C19H19N3O2S. The Balaban J connectivity index is 1.84. The molecule has 1 aromatic heterocycles. The second-order valence-corrected chi connectivity index (χ2v) is 7.19. The monoisotopic (exact) mass is 353 g/mol. The largest absolute Gasteiger partial charge is 0.320 e. The lowest BCUT2D eigenvalue weighted by Gasteiger charge is -2.30. The number of hydrogen-bond donors (Lipinski definition) is 1. The van der Waals surface area contributed by atoms with Crippen molar-refractivity contribution in [1.29, 1.82) is 0 Å². The highest BCUT2D eigenvalue weighted by molar-refractivity contribution is 7.08. The van der Waals surface area contributed by atoms with E-state index in [1.54, 1.807) is 10.3 Å².